The number of anilines is 1. The van der Waals surface area contributed by atoms with Gasteiger partial charge in [-0.25, -0.2) is 0 Å². The standard InChI is InChI=1S/C18H14ClN5O3/c19-11-1-4-13(5-2-11)24-21-14-6-3-12(9-15(14)22-24)20-16-10-17(26)23(7-8-25)18(16)27/h1-6,9-10,20,25H,7-8H2. The SMILES string of the molecule is O=C1C=C(Nc2ccc3nn(-c4ccc(Cl)cc4)nc3c2)C(=O)N1CCO. The number of nitrogens with zero attached hydrogens (tertiary/aromatic N) is 4. The number of fused-ring (bicyclic) bond motifs is 1. The second-order valence-corrected chi connectivity index (χ2v) is 6.31. The van der Waals surface area contributed by atoms with Gasteiger partial charge >= 0.3 is 0 Å². The van der Waals surface area contributed by atoms with Gasteiger partial charge in [-0.3, -0.25) is 14.5 Å². The summed E-state index contributed by atoms with van der Waals surface area (Å²) < 4.78 is 0. The lowest BCUT2D eigenvalue weighted by Gasteiger charge is -2.13. The van der Waals surface area contributed by atoms with E-state index < -0.39 is 11.8 Å². The molecule has 2 heterocycles. The largest absolute Gasteiger partial charge is 0.395 e. The summed E-state index contributed by atoms with van der Waals surface area (Å²) in [5.41, 5.74) is 2.82. The smallest absolute Gasteiger partial charge is 0.277 e. The molecule has 1 aliphatic rings. The quantitative estimate of drug-likeness (QED) is 0.651. The van der Waals surface area contributed by atoms with Crippen LogP contribution in [0.5, 0.6) is 0 Å². The fourth-order valence-electron chi connectivity index (χ4n) is 2.75. The Hall–Kier alpha value is -3.23. The van der Waals surface area contributed by atoms with Crippen molar-refractivity contribution in [1.82, 2.24) is 19.9 Å². The van der Waals surface area contributed by atoms with Gasteiger partial charge in [0.05, 0.1) is 18.8 Å². The van der Waals surface area contributed by atoms with Crippen molar-refractivity contribution in [2.45, 2.75) is 0 Å². The van der Waals surface area contributed by atoms with E-state index in [0.717, 1.165) is 10.6 Å². The van der Waals surface area contributed by atoms with E-state index in [4.69, 9.17) is 16.7 Å². The van der Waals surface area contributed by atoms with Crippen molar-refractivity contribution in [3.63, 3.8) is 0 Å². The van der Waals surface area contributed by atoms with E-state index in [1.54, 1.807) is 30.3 Å². The van der Waals surface area contributed by atoms with E-state index >= 15 is 0 Å². The summed E-state index contributed by atoms with van der Waals surface area (Å²) in [6.45, 7) is -0.313. The molecular weight excluding hydrogens is 370 g/mol. The molecule has 0 atom stereocenters. The molecule has 0 spiro atoms. The topological polar surface area (TPSA) is 100 Å². The van der Waals surface area contributed by atoms with Crippen LogP contribution in [0.4, 0.5) is 5.69 Å². The fourth-order valence-corrected chi connectivity index (χ4v) is 2.87. The zero-order valence-electron chi connectivity index (χ0n) is 14.0. The number of carbonyl (C=O) groups is 2. The maximum Gasteiger partial charge on any atom is 0.277 e. The van der Waals surface area contributed by atoms with E-state index in [2.05, 4.69) is 15.5 Å². The third-order valence-electron chi connectivity index (χ3n) is 4.05. The Bertz CT molecular complexity index is 1070. The van der Waals surface area contributed by atoms with E-state index in [9.17, 15) is 9.59 Å². The maximum absolute atomic E-state index is 12.2. The number of amides is 2. The van der Waals surface area contributed by atoms with E-state index in [-0.39, 0.29) is 18.8 Å². The monoisotopic (exact) mass is 383 g/mol. The summed E-state index contributed by atoms with van der Waals surface area (Å²) in [4.78, 5) is 26.5. The minimum Gasteiger partial charge on any atom is -0.395 e. The number of benzene rings is 2. The number of nitrogens with one attached hydrogen (secondary N) is 1. The lowest BCUT2D eigenvalue weighted by atomic mass is 10.2. The molecule has 0 saturated heterocycles. The molecule has 0 unspecified atom stereocenters. The fraction of sp³-hybridized carbons (Fsp3) is 0.111. The van der Waals surface area contributed by atoms with Crippen molar-refractivity contribution in [3.8, 4) is 5.69 Å². The van der Waals surface area contributed by atoms with Crippen molar-refractivity contribution >= 4 is 40.1 Å². The molecule has 136 valence electrons. The first kappa shape index (κ1) is 17.2. The highest BCUT2D eigenvalue weighted by molar-refractivity contribution is 6.30. The molecule has 0 radical (unpaired) electrons. The average molecular weight is 384 g/mol. The van der Waals surface area contributed by atoms with Gasteiger partial charge in [-0.05, 0) is 42.5 Å². The van der Waals surface area contributed by atoms with Crippen molar-refractivity contribution in [3.05, 3.63) is 59.3 Å². The van der Waals surface area contributed by atoms with E-state index in [1.165, 1.54) is 10.9 Å². The zero-order chi connectivity index (χ0) is 19.0. The maximum atomic E-state index is 12.2. The Labute approximate surface area is 158 Å². The van der Waals surface area contributed by atoms with Gasteiger partial charge in [0.2, 0.25) is 0 Å². The molecule has 3 aromatic rings. The van der Waals surface area contributed by atoms with Crippen LogP contribution in [-0.2, 0) is 9.59 Å². The van der Waals surface area contributed by atoms with Crippen molar-refractivity contribution in [1.29, 1.82) is 0 Å². The normalized spacial score (nSPS) is 14.1. The second-order valence-electron chi connectivity index (χ2n) is 5.87. The number of aromatic nitrogens is 3. The summed E-state index contributed by atoms with van der Waals surface area (Å²) >= 11 is 5.90. The summed E-state index contributed by atoms with van der Waals surface area (Å²) in [7, 11) is 0. The molecule has 0 saturated carbocycles. The number of aliphatic hydroxyl groups is 1. The summed E-state index contributed by atoms with van der Waals surface area (Å²) in [5, 5.41) is 21.4. The van der Waals surface area contributed by atoms with Crippen LogP contribution in [0.15, 0.2) is 54.2 Å². The number of β-amino-alcohol motifs (C(OH)–C–C–N with tert-alkyl or cyclic N) is 1. The zero-order valence-corrected chi connectivity index (χ0v) is 14.7. The van der Waals surface area contributed by atoms with Crippen LogP contribution in [0.3, 0.4) is 0 Å². The molecule has 0 bridgehead atoms. The number of aliphatic hydroxyl groups excluding tert-OH is 1. The highest BCUT2D eigenvalue weighted by Crippen LogP contribution is 2.21. The van der Waals surface area contributed by atoms with Gasteiger partial charge in [-0.2, -0.15) is 4.80 Å². The Kier molecular flexibility index (Phi) is 4.35. The molecule has 2 amide bonds. The molecular formula is C18H14ClN5O3. The van der Waals surface area contributed by atoms with Crippen LogP contribution in [0, 0.1) is 0 Å². The number of hydrogen-bond donors (Lipinski definition) is 2. The third kappa shape index (κ3) is 3.27. The van der Waals surface area contributed by atoms with E-state index in [0.29, 0.717) is 21.7 Å². The molecule has 1 aliphatic heterocycles. The van der Waals surface area contributed by atoms with Crippen molar-refractivity contribution < 1.29 is 14.7 Å². The van der Waals surface area contributed by atoms with Crippen LogP contribution >= 0.6 is 11.6 Å². The molecule has 1 aromatic heterocycles. The minimum atomic E-state index is -0.473. The molecule has 4 rings (SSSR count). The highest BCUT2D eigenvalue weighted by atomic mass is 35.5. The predicted molar refractivity (Wildman–Crippen MR) is 99.4 cm³/mol. The summed E-state index contributed by atoms with van der Waals surface area (Å²) in [6, 6.07) is 12.4. The second kappa shape index (κ2) is 6.82. The molecule has 0 aliphatic carbocycles. The van der Waals surface area contributed by atoms with Crippen molar-refractivity contribution in [2.24, 2.45) is 0 Å². The Morgan fingerprint density at radius 1 is 1.04 bits per heavy atom. The van der Waals surface area contributed by atoms with Crippen LogP contribution in [0.25, 0.3) is 16.7 Å². The van der Waals surface area contributed by atoms with Crippen LogP contribution in [-0.4, -0.2) is 50.0 Å². The predicted octanol–water partition coefficient (Wildman–Crippen LogP) is 1.73. The van der Waals surface area contributed by atoms with Crippen LogP contribution < -0.4 is 5.32 Å². The van der Waals surface area contributed by atoms with Gasteiger partial charge in [0, 0.05) is 16.8 Å². The molecule has 2 N–H and O–H groups in total. The molecule has 8 nitrogen and oxygen atoms in total. The van der Waals surface area contributed by atoms with E-state index in [1.807, 2.05) is 12.1 Å². The minimum absolute atomic E-state index is 0.0339. The van der Waals surface area contributed by atoms with Gasteiger partial charge in [0.15, 0.2) is 0 Å². The number of hydrogen-bond acceptors (Lipinski definition) is 6. The van der Waals surface area contributed by atoms with Crippen LogP contribution in [0.2, 0.25) is 5.02 Å². The first-order valence-electron chi connectivity index (χ1n) is 8.13. The Balaban J connectivity index is 1.59. The Morgan fingerprint density at radius 2 is 1.78 bits per heavy atom. The average Bonchev–Trinajstić information content (AvgIpc) is 3.19. The Morgan fingerprint density at radius 3 is 2.52 bits per heavy atom. The van der Waals surface area contributed by atoms with Crippen LogP contribution in [0.1, 0.15) is 0 Å². The third-order valence-corrected chi connectivity index (χ3v) is 4.30. The summed E-state index contributed by atoms with van der Waals surface area (Å²) in [6.07, 6.45) is 1.22. The van der Waals surface area contributed by atoms with Gasteiger partial charge in [-0.1, -0.05) is 11.6 Å². The molecule has 9 heteroatoms. The van der Waals surface area contributed by atoms with Gasteiger partial charge in [-0.15, -0.1) is 10.2 Å². The lowest BCUT2D eigenvalue weighted by molar-refractivity contribution is -0.137. The number of rotatable bonds is 5. The first-order chi connectivity index (χ1) is 13.0. The number of carbonyl (C=O) groups excluding carboxylic acids is 2. The number of imide groups is 1. The highest BCUT2D eigenvalue weighted by Gasteiger charge is 2.30. The summed E-state index contributed by atoms with van der Waals surface area (Å²) in [5.74, 6) is -0.926. The molecule has 0 fully saturated rings. The van der Waals surface area contributed by atoms with Crippen molar-refractivity contribution in [2.75, 3.05) is 18.5 Å². The van der Waals surface area contributed by atoms with Gasteiger partial charge < -0.3 is 10.4 Å². The molecule has 27 heavy (non-hydrogen) atoms. The molecule has 2 aromatic carbocycles. The lowest BCUT2D eigenvalue weighted by Crippen LogP contribution is -2.34. The first-order valence-corrected chi connectivity index (χ1v) is 8.51. The van der Waals surface area contributed by atoms with Gasteiger partial charge in [0.1, 0.15) is 16.7 Å². The number of halogens is 1. The van der Waals surface area contributed by atoms with Gasteiger partial charge in [0.25, 0.3) is 11.8 Å².